The molecule has 1 N–H and O–H groups in total. The number of β-amino-alcohol motifs (C(OH)–C–C–N with tert-alkyl or cyclic N) is 1. The maximum Gasteiger partial charge on any atom is 0.229 e. The van der Waals surface area contributed by atoms with Crippen LogP contribution in [0.1, 0.15) is 25.7 Å². The lowest BCUT2D eigenvalue weighted by Gasteiger charge is -2.28. The Hall–Kier alpha value is -0.940. The fourth-order valence-electron chi connectivity index (χ4n) is 2.20. The minimum atomic E-state index is -0.645. The highest BCUT2D eigenvalue weighted by Gasteiger charge is 2.31. The number of hydrogen-bond acceptors (Lipinski definition) is 4. The van der Waals surface area contributed by atoms with Crippen molar-refractivity contribution >= 4 is 11.8 Å². The Morgan fingerprint density at radius 3 is 2.62 bits per heavy atom. The first-order chi connectivity index (χ1) is 7.68. The van der Waals surface area contributed by atoms with E-state index in [0.717, 1.165) is 6.42 Å². The number of amides is 2. The van der Waals surface area contributed by atoms with Crippen molar-refractivity contribution in [3.05, 3.63) is 0 Å². The summed E-state index contributed by atoms with van der Waals surface area (Å²) in [4.78, 5) is 24.2. The van der Waals surface area contributed by atoms with E-state index in [-0.39, 0.29) is 24.3 Å². The lowest BCUT2D eigenvalue weighted by molar-refractivity contribution is -0.150. The van der Waals surface area contributed by atoms with Crippen molar-refractivity contribution < 1.29 is 19.4 Å². The van der Waals surface area contributed by atoms with E-state index in [4.69, 9.17) is 4.74 Å². The summed E-state index contributed by atoms with van der Waals surface area (Å²) in [6.45, 7) is 1.31. The van der Waals surface area contributed by atoms with Gasteiger partial charge in [-0.05, 0) is 12.8 Å². The first-order valence-electron chi connectivity index (χ1n) is 5.77. The second kappa shape index (κ2) is 4.93. The quantitative estimate of drug-likeness (QED) is 0.685. The number of likely N-dealkylation sites (tertiary alicyclic amines) is 1. The highest BCUT2D eigenvalue weighted by Crippen LogP contribution is 2.20. The molecule has 2 aliphatic rings. The third-order valence-electron chi connectivity index (χ3n) is 3.26. The molecule has 2 aliphatic heterocycles. The van der Waals surface area contributed by atoms with Gasteiger partial charge in [-0.3, -0.25) is 14.5 Å². The Morgan fingerprint density at radius 2 is 2.06 bits per heavy atom. The molecule has 0 radical (unpaired) electrons. The van der Waals surface area contributed by atoms with Crippen molar-refractivity contribution in [3.63, 3.8) is 0 Å². The van der Waals surface area contributed by atoms with Crippen molar-refractivity contribution in [3.8, 4) is 0 Å². The Bertz CT molecular complexity index is 270. The Balaban J connectivity index is 1.91. The van der Waals surface area contributed by atoms with Gasteiger partial charge in [0, 0.05) is 25.4 Å². The Labute approximate surface area is 94.4 Å². The molecule has 0 aromatic heterocycles. The number of aliphatic hydroxyl groups is 1. The van der Waals surface area contributed by atoms with E-state index < -0.39 is 6.10 Å². The van der Waals surface area contributed by atoms with Gasteiger partial charge in [0.15, 0.2) is 0 Å². The zero-order valence-corrected chi connectivity index (χ0v) is 9.22. The first kappa shape index (κ1) is 11.5. The Morgan fingerprint density at radius 1 is 1.38 bits per heavy atom. The van der Waals surface area contributed by atoms with Crippen LogP contribution < -0.4 is 0 Å². The molecule has 5 heteroatoms. The molecule has 2 amide bonds. The van der Waals surface area contributed by atoms with Gasteiger partial charge >= 0.3 is 0 Å². The van der Waals surface area contributed by atoms with Gasteiger partial charge < -0.3 is 9.84 Å². The predicted octanol–water partition coefficient (Wildman–Crippen LogP) is -0.0771. The van der Waals surface area contributed by atoms with E-state index >= 15 is 0 Å². The summed E-state index contributed by atoms with van der Waals surface area (Å²) in [6, 6.07) is 0. The van der Waals surface area contributed by atoms with Crippen LogP contribution in [0.4, 0.5) is 0 Å². The molecule has 5 nitrogen and oxygen atoms in total. The molecule has 2 heterocycles. The SMILES string of the molecule is O=C1CCCC(=O)N1CC(O)C1CCOC1. The fraction of sp³-hybridized carbons (Fsp3) is 0.818. The van der Waals surface area contributed by atoms with E-state index in [9.17, 15) is 14.7 Å². The minimum Gasteiger partial charge on any atom is -0.391 e. The average Bonchev–Trinajstić information content (AvgIpc) is 2.76. The second-order valence-corrected chi connectivity index (χ2v) is 4.44. The molecule has 16 heavy (non-hydrogen) atoms. The van der Waals surface area contributed by atoms with Crippen molar-refractivity contribution in [2.45, 2.75) is 31.8 Å². The van der Waals surface area contributed by atoms with Gasteiger partial charge in [-0.15, -0.1) is 0 Å². The molecule has 2 rings (SSSR count). The van der Waals surface area contributed by atoms with E-state index in [0.29, 0.717) is 32.5 Å². The second-order valence-electron chi connectivity index (χ2n) is 4.44. The highest BCUT2D eigenvalue weighted by atomic mass is 16.5. The summed E-state index contributed by atoms with van der Waals surface area (Å²) in [5.74, 6) is -0.258. The zero-order chi connectivity index (χ0) is 11.5. The van der Waals surface area contributed by atoms with Gasteiger partial charge in [0.25, 0.3) is 0 Å². The van der Waals surface area contributed by atoms with Crippen LogP contribution in [-0.4, -0.2) is 47.7 Å². The van der Waals surface area contributed by atoms with E-state index in [1.54, 1.807) is 0 Å². The van der Waals surface area contributed by atoms with Crippen molar-refractivity contribution in [1.82, 2.24) is 4.90 Å². The summed E-state index contributed by atoms with van der Waals surface area (Å²) in [7, 11) is 0. The number of piperidine rings is 1. The van der Waals surface area contributed by atoms with Crippen LogP contribution in [0.5, 0.6) is 0 Å². The maximum atomic E-state index is 11.5. The van der Waals surface area contributed by atoms with Gasteiger partial charge in [-0.2, -0.15) is 0 Å². The number of carbonyl (C=O) groups excluding carboxylic acids is 2. The average molecular weight is 227 g/mol. The number of rotatable bonds is 3. The number of hydrogen-bond donors (Lipinski definition) is 1. The summed E-state index contributed by atoms with van der Waals surface area (Å²) in [6.07, 6.45) is 1.63. The van der Waals surface area contributed by atoms with Crippen LogP contribution in [0.25, 0.3) is 0 Å². The zero-order valence-electron chi connectivity index (χ0n) is 9.22. The molecule has 0 spiro atoms. The molecule has 2 fully saturated rings. The van der Waals surface area contributed by atoms with Crippen LogP contribution in [-0.2, 0) is 14.3 Å². The fourth-order valence-corrected chi connectivity index (χ4v) is 2.20. The molecule has 2 unspecified atom stereocenters. The summed E-state index contributed by atoms with van der Waals surface area (Å²) in [5.41, 5.74) is 0. The number of carbonyl (C=O) groups is 2. The van der Waals surface area contributed by atoms with Crippen LogP contribution in [0, 0.1) is 5.92 Å². The maximum absolute atomic E-state index is 11.5. The smallest absolute Gasteiger partial charge is 0.229 e. The molecule has 90 valence electrons. The number of imide groups is 1. The monoisotopic (exact) mass is 227 g/mol. The van der Waals surface area contributed by atoms with Crippen molar-refractivity contribution in [2.75, 3.05) is 19.8 Å². The predicted molar refractivity (Wildman–Crippen MR) is 55.5 cm³/mol. The molecule has 0 aromatic carbocycles. The number of nitrogens with zero attached hydrogens (tertiary/aromatic N) is 1. The third kappa shape index (κ3) is 2.41. The third-order valence-corrected chi connectivity index (χ3v) is 3.26. The summed E-state index contributed by atoms with van der Waals surface area (Å²) < 4.78 is 5.17. The van der Waals surface area contributed by atoms with E-state index in [2.05, 4.69) is 0 Å². The van der Waals surface area contributed by atoms with Crippen LogP contribution in [0.2, 0.25) is 0 Å². The van der Waals surface area contributed by atoms with Gasteiger partial charge in [0.1, 0.15) is 0 Å². The molecule has 0 bridgehead atoms. The Kier molecular flexibility index (Phi) is 3.56. The molecule has 2 saturated heterocycles. The lowest BCUT2D eigenvalue weighted by atomic mass is 10.00. The largest absolute Gasteiger partial charge is 0.391 e. The van der Waals surface area contributed by atoms with Crippen LogP contribution in [0.3, 0.4) is 0 Å². The molecule has 0 aliphatic carbocycles. The van der Waals surface area contributed by atoms with Gasteiger partial charge in [0.2, 0.25) is 11.8 Å². The van der Waals surface area contributed by atoms with Crippen molar-refractivity contribution in [2.24, 2.45) is 5.92 Å². The number of ether oxygens (including phenoxy) is 1. The minimum absolute atomic E-state index is 0.0579. The molecular weight excluding hydrogens is 210 g/mol. The van der Waals surface area contributed by atoms with Gasteiger partial charge in [-0.1, -0.05) is 0 Å². The van der Waals surface area contributed by atoms with Gasteiger partial charge in [-0.25, -0.2) is 0 Å². The molecule has 0 saturated carbocycles. The van der Waals surface area contributed by atoms with E-state index in [1.165, 1.54) is 4.90 Å². The number of aliphatic hydroxyl groups excluding tert-OH is 1. The van der Waals surface area contributed by atoms with Crippen LogP contribution in [0.15, 0.2) is 0 Å². The molecular formula is C11H17NO4. The van der Waals surface area contributed by atoms with Gasteiger partial charge in [0.05, 0.1) is 19.3 Å². The van der Waals surface area contributed by atoms with Crippen LogP contribution >= 0.6 is 0 Å². The molecule has 2 atom stereocenters. The normalized spacial score (nSPS) is 28.6. The molecule has 0 aromatic rings. The van der Waals surface area contributed by atoms with Crippen molar-refractivity contribution in [1.29, 1.82) is 0 Å². The standard InChI is InChI=1S/C11H17NO4/c13-9(8-4-5-16-7-8)6-12-10(14)2-1-3-11(12)15/h8-9,13H,1-7H2. The lowest BCUT2D eigenvalue weighted by Crippen LogP contribution is -2.46. The summed E-state index contributed by atoms with van der Waals surface area (Å²) >= 11 is 0. The highest BCUT2D eigenvalue weighted by molar-refractivity contribution is 5.97. The van der Waals surface area contributed by atoms with E-state index in [1.807, 2.05) is 0 Å². The topological polar surface area (TPSA) is 66.8 Å². The summed E-state index contributed by atoms with van der Waals surface area (Å²) in [5, 5.41) is 9.91. The first-order valence-corrected chi connectivity index (χ1v) is 5.77.